The maximum Gasteiger partial charge on any atom is 0.251 e. The molecule has 0 fully saturated rings. The molecule has 4 heteroatoms. The van der Waals surface area contributed by atoms with Gasteiger partial charge in [0.05, 0.1) is 0 Å². The van der Waals surface area contributed by atoms with Crippen molar-refractivity contribution < 1.29 is 9.59 Å². The number of anilines is 1. The van der Waals surface area contributed by atoms with E-state index in [2.05, 4.69) is 10.6 Å². The van der Waals surface area contributed by atoms with E-state index in [1.807, 2.05) is 33.8 Å². The van der Waals surface area contributed by atoms with Crippen molar-refractivity contribution in [2.24, 2.45) is 0 Å². The van der Waals surface area contributed by atoms with Gasteiger partial charge in [0.15, 0.2) is 0 Å². The van der Waals surface area contributed by atoms with E-state index in [9.17, 15) is 9.59 Å². The maximum absolute atomic E-state index is 12.1. The Morgan fingerprint density at radius 3 is 2.42 bits per heavy atom. The molecule has 0 saturated heterocycles. The number of carbonyl (C=O) groups excluding carboxylic acids is 2. The molecule has 0 aliphatic rings. The Morgan fingerprint density at radius 1 is 1.26 bits per heavy atom. The van der Waals surface area contributed by atoms with Gasteiger partial charge in [-0.15, -0.1) is 0 Å². The van der Waals surface area contributed by atoms with Gasteiger partial charge in [0, 0.05) is 23.7 Å². The minimum absolute atomic E-state index is 0.126. The Bertz CT molecular complexity index is 493. The predicted molar refractivity (Wildman–Crippen MR) is 77.3 cm³/mol. The number of aryl methyl sites for hydroxylation is 1. The van der Waals surface area contributed by atoms with Crippen LogP contribution < -0.4 is 10.6 Å². The molecular formula is C15H22N2O2. The van der Waals surface area contributed by atoms with E-state index >= 15 is 0 Å². The summed E-state index contributed by atoms with van der Waals surface area (Å²) in [6.45, 7) is 9.33. The average Bonchev–Trinajstić information content (AvgIpc) is 2.30. The molecular weight excluding hydrogens is 240 g/mol. The van der Waals surface area contributed by atoms with Crippen molar-refractivity contribution in [1.29, 1.82) is 0 Å². The molecule has 19 heavy (non-hydrogen) atoms. The first kappa shape index (κ1) is 15.2. The van der Waals surface area contributed by atoms with Crippen molar-refractivity contribution in [3.8, 4) is 0 Å². The van der Waals surface area contributed by atoms with Crippen molar-refractivity contribution >= 4 is 17.5 Å². The van der Waals surface area contributed by atoms with Crippen molar-refractivity contribution in [2.75, 3.05) is 5.32 Å². The molecule has 104 valence electrons. The van der Waals surface area contributed by atoms with Crippen molar-refractivity contribution in [2.45, 2.75) is 46.6 Å². The van der Waals surface area contributed by atoms with Crippen LogP contribution in [0.1, 0.15) is 50.0 Å². The van der Waals surface area contributed by atoms with Crippen LogP contribution in [0.4, 0.5) is 5.69 Å². The Labute approximate surface area is 114 Å². The lowest BCUT2D eigenvalue weighted by molar-refractivity contribution is -0.114. The van der Waals surface area contributed by atoms with Crippen molar-refractivity contribution in [1.82, 2.24) is 5.32 Å². The number of benzene rings is 1. The zero-order valence-corrected chi connectivity index (χ0v) is 12.3. The second kappa shape index (κ2) is 5.87. The maximum atomic E-state index is 12.1. The largest absolute Gasteiger partial charge is 0.347 e. The summed E-state index contributed by atoms with van der Waals surface area (Å²) in [4.78, 5) is 23.3. The Kier molecular flexibility index (Phi) is 4.70. The van der Waals surface area contributed by atoms with E-state index < -0.39 is 0 Å². The van der Waals surface area contributed by atoms with Crippen molar-refractivity contribution in [3.63, 3.8) is 0 Å². The van der Waals surface area contributed by atoms with Crippen LogP contribution >= 0.6 is 0 Å². The molecule has 0 aliphatic heterocycles. The number of carbonyl (C=O) groups is 2. The number of rotatable bonds is 4. The molecule has 0 bridgehead atoms. The summed E-state index contributed by atoms with van der Waals surface area (Å²) in [5.74, 6) is -0.270. The van der Waals surface area contributed by atoms with Gasteiger partial charge in [-0.05, 0) is 44.9 Å². The highest BCUT2D eigenvalue weighted by atomic mass is 16.2. The van der Waals surface area contributed by atoms with Gasteiger partial charge in [-0.1, -0.05) is 13.0 Å². The fourth-order valence-corrected chi connectivity index (χ4v) is 1.56. The first-order chi connectivity index (χ1) is 8.75. The third-order valence-electron chi connectivity index (χ3n) is 3.15. The van der Waals surface area contributed by atoms with Crippen LogP contribution in [0, 0.1) is 6.92 Å². The fraction of sp³-hybridized carbons (Fsp3) is 0.467. The minimum Gasteiger partial charge on any atom is -0.347 e. The summed E-state index contributed by atoms with van der Waals surface area (Å²) >= 11 is 0. The Balaban J connectivity index is 2.95. The summed E-state index contributed by atoms with van der Waals surface area (Å²) in [5, 5.41) is 5.70. The molecule has 2 N–H and O–H groups in total. The molecule has 0 aromatic heterocycles. The molecule has 0 unspecified atom stereocenters. The zero-order valence-electron chi connectivity index (χ0n) is 12.3. The summed E-state index contributed by atoms with van der Waals surface area (Å²) in [5.41, 5.74) is 1.92. The van der Waals surface area contributed by atoms with Gasteiger partial charge in [-0.3, -0.25) is 9.59 Å². The van der Waals surface area contributed by atoms with Crippen molar-refractivity contribution in [3.05, 3.63) is 29.3 Å². The van der Waals surface area contributed by atoms with E-state index in [0.29, 0.717) is 11.3 Å². The second-order valence-electron chi connectivity index (χ2n) is 5.40. The molecule has 1 aromatic carbocycles. The standard InChI is InChI=1S/C15H22N2O2/c1-6-15(4,5)17-14(19)12-8-7-10(2)13(9-12)16-11(3)18/h7-9H,6H2,1-5H3,(H,16,18)(H,17,19). The SMILES string of the molecule is CCC(C)(C)NC(=O)c1ccc(C)c(NC(C)=O)c1. The molecule has 0 heterocycles. The summed E-state index contributed by atoms with van der Waals surface area (Å²) < 4.78 is 0. The summed E-state index contributed by atoms with van der Waals surface area (Å²) in [7, 11) is 0. The molecule has 4 nitrogen and oxygen atoms in total. The molecule has 1 rings (SSSR count). The van der Waals surface area contributed by atoms with Gasteiger partial charge in [-0.2, -0.15) is 0 Å². The normalized spacial score (nSPS) is 11.0. The molecule has 0 spiro atoms. The van der Waals surface area contributed by atoms with E-state index in [0.717, 1.165) is 12.0 Å². The lowest BCUT2D eigenvalue weighted by Crippen LogP contribution is -2.42. The monoisotopic (exact) mass is 262 g/mol. The predicted octanol–water partition coefficient (Wildman–Crippen LogP) is 2.87. The highest BCUT2D eigenvalue weighted by molar-refractivity contribution is 5.97. The van der Waals surface area contributed by atoms with Crippen LogP contribution in [0.15, 0.2) is 18.2 Å². The molecule has 0 atom stereocenters. The van der Waals surface area contributed by atoms with Gasteiger partial charge in [0.25, 0.3) is 5.91 Å². The molecule has 0 aliphatic carbocycles. The lowest BCUT2D eigenvalue weighted by atomic mass is 10.0. The number of hydrogen-bond donors (Lipinski definition) is 2. The van der Waals surface area contributed by atoms with E-state index in [1.165, 1.54) is 6.92 Å². The fourth-order valence-electron chi connectivity index (χ4n) is 1.56. The molecule has 0 radical (unpaired) electrons. The lowest BCUT2D eigenvalue weighted by Gasteiger charge is -2.24. The number of nitrogens with one attached hydrogen (secondary N) is 2. The zero-order chi connectivity index (χ0) is 14.6. The van der Waals surface area contributed by atoms with Gasteiger partial charge in [0.2, 0.25) is 5.91 Å². The smallest absolute Gasteiger partial charge is 0.251 e. The van der Waals surface area contributed by atoms with E-state index in [4.69, 9.17) is 0 Å². The minimum atomic E-state index is -0.240. The van der Waals surface area contributed by atoms with Crippen LogP contribution in [0.5, 0.6) is 0 Å². The van der Waals surface area contributed by atoms with Gasteiger partial charge < -0.3 is 10.6 Å². The van der Waals surface area contributed by atoms with Gasteiger partial charge >= 0.3 is 0 Å². The quantitative estimate of drug-likeness (QED) is 0.876. The van der Waals surface area contributed by atoms with Crippen LogP contribution in [0.2, 0.25) is 0 Å². The second-order valence-corrected chi connectivity index (χ2v) is 5.40. The van der Waals surface area contributed by atoms with Crippen LogP contribution in [0.3, 0.4) is 0 Å². The molecule has 2 amide bonds. The molecule has 1 aromatic rings. The van der Waals surface area contributed by atoms with Gasteiger partial charge in [-0.25, -0.2) is 0 Å². The van der Waals surface area contributed by atoms with E-state index in [1.54, 1.807) is 12.1 Å². The number of hydrogen-bond acceptors (Lipinski definition) is 2. The molecule has 0 saturated carbocycles. The Hall–Kier alpha value is -1.84. The van der Waals surface area contributed by atoms with Crippen LogP contribution in [-0.4, -0.2) is 17.4 Å². The average molecular weight is 262 g/mol. The first-order valence-corrected chi connectivity index (χ1v) is 6.46. The number of amides is 2. The first-order valence-electron chi connectivity index (χ1n) is 6.46. The highest BCUT2D eigenvalue weighted by Crippen LogP contribution is 2.18. The Morgan fingerprint density at radius 2 is 1.89 bits per heavy atom. The topological polar surface area (TPSA) is 58.2 Å². The van der Waals surface area contributed by atoms with Crippen LogP contribution in [0.25, 0.3) is 0 Å². The summed E-state index contributed by atoms with van der Waals surface area (Å²) in [6.07, 6.45) is 0.850. The third kappa shape index (κ3) is 4.39. The van der Waals surface area contributed by atoms with Gasteiger partial charge in [0.1, 0.15) is 0 Å². The van der Waals surface area contributed by atoms with Crippen LogP contribution in [-0.2, 0) is 4.79 Å². The van der Waals surface area contributed by atoms with E-state index in [-0.39, 0.29) is 17.4 Å². The highest BCUT2D eigenvalue weighted by Gasteiger charge is 2.19. The third-order valence-corrected chi connectivity index (χ3v) is 3.15. The summed E-state index contributed by atoms with van der Waals surface area (Å²) in [6, 6.07) is 5.30.